The number of hydrogen-bond acceptors (Lipinski definition) is 7. The zero-order chi connectivity index (χ0) is 26.0. The number of carbonyl (C=O) groups is 1. The van der Waals surface area contributed by atoms with Gasteiger partial charge >= 0.3 is 0 Å². The van der Waals surface area contributed by atoms with E-state index in [0.717, 1.165) is 11.3 Å². The van der Waals surface area contributed by atoms with Crippen molar-refractivity contribution in [1.29, 1.82) is 0 Å². The molecule has 0 aliphatic rings. The molecule has 4 aromatic rings. The van der Waals surface area contributed by atoms with Gasteiger partial charge in [-0.2, -0.15) is 8.78 Å². The van der Waals surface area contributed by atoms with Crippen molar-refractivity contribution in [3.8, 4) is 5.75 Å². The number of carbonyl (C=O) groups excluding carboxylic acids is 1. The molecule has 4 rings (SSSR count). The van der Waals surface area contributed by atoms with Gasteiger partial charge in [0.25, 0.3) is 15.9 Å². The third kappa shape index (κ3) is 5.16. The van der Waals surface area contributed by atoms with Gasteiger partial charge in [0.05, 0.1) is 4.90 Å². The van der Waals surface area contributed by atoms with Gasteiger partial charge < -0.3 is 14.5 Å². The van der Waals surface area contributed by atoms with Gasteiger partial charge in [0.2, 0.25) is 29.1 Å². The monoisotopic (exact) mass is 545 g/mol. The zero-order valence-electron chi connectivity index (χ0n) is 17.5. The molecule has 0 bridgehead atoms. The molecular weight excluding hydrogens is 533 g/mol. The van der Waals surface area contributed by atoms with Crippen LogP contribution in [0.15, 0.2) is 57.3 Å². The van der Waals surface area contributed by atoms with E-state index in [0.29, 0.717) is 0 Å². The topological polar surface area (TPSA) is 111 Å². The Labute approximate surface area is 203 Å². The standard InChI is InChI=1S/C21H12F5N3O5S2/c22-14-15(23)17(25)19(18(26)16(14)24)33-9-11-3-6-13(34-11)20(30)28-10-1-4-12(5-2-10)36(31,32)29-21-27-7-8-35-21/h1-8H,9H2,(H,27,29)(H,28,30). The maximum atomic E-state index is 13.7. The Kier molecular flexibility index (Phi) is 6.94. The van der Waals surface area contributed by atoms with Crippen LogP contribution in [0.4, 0.5) is 32.8 Å². The predicted octanol–water partition coefficient (Wildman–Crippen LogP) is 5.06. The Bertz CT molecular complexity index is 1500. The van der Waals surface area contributed by atoms with Crippen molar-refractivity contribution in [1.82, 2.24) is 4.98 Å². The lowest BCUT2D eigenvalue weighted by atomic mass is 10.2. The zero-order valence-corrected chi connectivity index (χ0v) is 19.2. The fraction of sp³-hybridized carbons (Fsp3) is 0.0476. The van der Waals surface area contributed by atoms with Crippen LogP contribution >= 0.6 is 11.3 Å². The summed E-state index contributed by atoms with van der Waals surface area (Å²) < 4.78 is 104. The van der Waals surface area contributed by atoms with Gasteiger partial charge in [-0.25, -0.2) is 26.6 Å². The molecule has 0 saturated heterocycles. The summed E-state index contributed by atoms with van der Waals surface area (Å²) in [6, 6.07) is 7.52. The molecule has 8 nitrogen and oxygen atoms in total. The predicted molar refractivity (Wildman–Crippen MR) is 117 cm³/mol. The van der Waals surface area contributed by atoms with E-state index in [-0.39, 0.29) is 27.2 Å². The second-order valence-electron chi connectivity index (χ2n) is 6.87. The first-order chi connectivity index (χ1) is 17.1. The summed E-state index contributed by atoms with van der Waals surface area (Å²) in [5, 5.41) is 4.23. The van der Waals surface area contributed by atoms with Gasteiger partial charge in [-0.1, -0.05) is 0 Å². The van der Waals surface area contributed by atoms with Crippen molar-refractivity contribution in [3.05, 3.63) is 88.6 Å². The third-order valence-electron chi connectivity index (χ3n) is 4.49. The molecule has 36 heavy (non-hydrogen) atoms. The number of nitrogens with zero attached hydrogens (tertiary/aromatic N) is 1. The van der Waals surface area contributed by atoms with Gasteiger partial charge in [0.1, 0.15) is 12.4 Å². The maximum Gasteiger partial charge on any atom is 0.291 e. The lowest BCUT2D eigenvalue weighted by molar-refractivity contribution is 0.0992. The van der Waals surface area contributed by atoms with Gasteiger partial charge in [0, 0.05) is 17.3 Å². The quantitative estimate of drug-likeness (QED) is 0.182. The van der Waals surface area contributed by atoms with Crippen molar-refractivity contribution in [3.63, 3.8) is 0 Å². The summed E-state index contributed by atoms with van der Waals surface area (Å²) in [7, 11) is -3.89. The average Bonchev–Trinajstić information content (AvgIpc) is 3.54. The van der Waals surface area contributed by atoms with E-state index in [1.165, 1.54) is 42.6 Å². The molecule has 0 fully saturated rings. The van der Waals surface area contributed by atoms with Crippen LogP contribution in [0.3, 0.4) is 0 Å². The normalized spacial score (nSPS) is 11.4. The van der Waals surface area contributed by atoms with Gasteiger partial charge in [-0.15, -0.1) is 11.3 Å². The van der Waals surface area contributed by atoms with Crippen molar-refractivity contribution >= 4 is 38.1 Å². The second-order valence-corrected chi connectivity index (χ2v) is 9.45. The first kappa shape index (κ1) is 25.1. The number of thiazole rings is 1. The van der Waals surface area contributed by atoms with Crippen LogP contribution in [-0.4, -0.2) is 19.3 Å². The van der Waals surface area contributed by atoms with Gasteiger partial charge in [-0.05, 0) is 36.4 Å². The van der Waals surface area contributed by atoms with Crippen LogP contribution in [0.2, 0.25) is 0 Å². The molecule has 0 unspecified atom stereocenters. The van der Waals surface area contributed by atoms with Crippen LogP contribution in [0.1, 0.15) is 16.3 Å². The molecule has 0 radical (unpaired) electrons. The number of amides is 1. The molecule has 1 amide bonds. The maximum absolute atomic E-state index is 13.7. The lowest BCUT2D eigenvalue weighted by Gasteiger charge is -2.09. The smallest absolute Gasteiger partial charge is 0.291 e. The fourth-order valence-corrected chi connectivity index (χ4v) is 4.58. The number of nitrogens with one attached hydrogen (secondary N) is 2. The van der Waals surface area contributed by atoms with Crippen molar-refractivity contribution in [2.75, 3.05) is 10.0 Å². The Morgan fingerprint density at radius 3 is 2.19 bits per heavy atom. The molecule has 188 valence electrons. The number of hydrogen-bond donors (Lipinski definition) is 2. The molecular formula is C21H12F5N3O5S2. The number of rotatable bonds is 8. The lowest BCUT2D eigenvalue weighted by Crippen LogP contribution is -2.14. The summed E-state index contributed by atoms with van der Waals surface area (Å²) in [4.78, 5) is 16.1. The Morgan fingerprint density at radius 2 is 1.58 bits per heavy atom. The van der Waals surface area contributed by atoms with E-state index in [2.05, 4.69) is 19.8 Å². The highest BCUT2D eigenvalue weighted by Gasteiger charge is 2.27. The van der Waals surface area contributed by atoms with Crippen molar-refractivity contribution < 1.29 is 44.3 Å². The molecule has 2 N–H and O–H groups in total. The average molecular weight is 545 g/mol. The highest BCUT2D eigenvalue weighted by atomic mass is 32.2. The molecule has 0 saturated carbocycles. The van der Waals surface area contributed by atoms with E-state index >= 15 is 0 Å². The molecule has 2 aromatic heterocycles. The second kappa shape index (κ2) is 9.94. The van der Waals surface area contributed by atoms with Crippen LogP contribution in [0.5, 0.6) is 5.75 Å². The first-order valence-electron chi connectivity index (χ1n) is 9.63. The Hall–Kier alpha value is -3.98. The van der Waals surface area contributed by atoms with Crippen molar-refractivity contribution in [2.24, 2.45) is 0 Å². The SMILES string of the molecule is O=C(Nc1ccc(S(=O)(=O)Nc2nccs2)cc1)c1ccc(COc2c(F)c(F)c(F)c(F)c2F)o1. The Balaban J connectivity index is 1.40. The van der Waals surface area contributed by atoms with Gasteiger partial charge in [-0.3, -0.25) is 9.52 Å². The van der Waals surface area contributed by atoms with Gasteiger partial charge in [0.15, 0.2) is 16.6 Å². The van der Waals surface area contributed by atoms with Crippen LogP contribution < -0.4 is 14.8 Å². The summed E-state index contributed by atoms with van der Waals surface area (Å²) in [5.41, 5.74) is 0.212. The van der Waals surface area contributed by atoms with E-state index in [4.69, 9.17) is 4.42 Å². The fourth-order valence-electron chi connectivity index (χ4n) is 2.79. The van der Waals surface area contributed by atoms with E-state index in [1.807, 2.05) is 0 Å². The van der Waals surface area contributed by atoms with E-state index in [9.17, 15) is 35.2 Å². The number of ether oxygens (including phenoxy) is 1. The molecule has 0 aliphatic heterocycles. The van der Waals surface area contributed by atoms with Crippen molar-refractivity contribution in [2.45, 2.75) is 11.5 Å². The number of benzene rings is 2. The molecule has 2 aromatic carbocycles. The number of anilines is 2. The minimum Gasteiger partial charge on any atom is -0.479 e. The molecule has 2 heterocycles. The summed E-state index contributed by atoms with van der Waals surface area (Å²) in [6.45, 7) is -0.746. The molecule has 0 spiro atoms. The van der Waals surface area contributed by atoms with Crippen LogP contribution in [0.25, 0.3) is 0 Å². The number of furan rings is 1. The minimum absolute atomic E-state index is 0.0822. The number of aromatic nitrogens is 1. The third-order valence-corrected chi connectivity index (χ3v) is 6.66. The number of halogens is 5. The summed E-state index contributed by atoms with van der Waals surface area (Å²) >= 11 is 1.10. The molecule has 0 atom stereocenters. The van der Waals surface area contributed by atoms with E-state index in [1.54, 1.807) is 5.38 Å². The largest absolute Gasteiger partial charge is 0.479 e. The van der Waals surface area contributed by atoms with E-state index < -0.39 is 57.4 Å². The molecule has 15 heteroatoms. The number of sulfonamides is 1. The Morgan fingerprint density at radius 1 is 0.944 bits per heavy atom. The highest BCUT2D eigenvalue weighted by molar-refractivity contribution is 7.93. The summed E-state index contributed by atoms with van der Waals surface area (Å²) in [6.07, 6.45) is 1.44. The summed E-state index contributed by atoms with van der Waals surface area (Å²) in [5.74, 6) is -13.6. The van der Waals surface area contributed by atoms with Crippen LogP contribution in [0, 0.1) is 29.1 Å². The highest BCUT2D eigenvalue weighted by Crippen LogP contribution is 2.30. The van der Waals surface area contributed by atoms with Crippen LogP contribution in [-0.2, 0) is 16.6 Å². The molecule has 0 aliphatic carbocycles. The minimum atomic E-state index is -3.89. The first-order valence-corrected chi connectivity index (χ1v) is 12.0.